The smallest absolute Gasteiger partial charge is 0.360 e. The fraction of sp³-hybridized carbons (Fsp3) is 0.190. The largest absolute Gasteiger partial charge is 0.433 e. The van der Waals surface area contributed by atoms with Gasteiger partial charge in [-0.05, 0) is 35.1 Å². The van der Waals surface area contributed by atoms with Gasteiger partial charge in [0.25, 0.3) is 0 Å². The molecule has 0 radical (unpaired) electrons. The Hall–Kier alpha value is -2.82. The molecule has 4 rings (SSSR count). The van der Waals surface area contributed by atoms with Gasteiger partial charge in [0.1, 0.15) is 10.8 Å². The molecule has 4 aromatic rings. The van der Waals surface area contributed by atoms with Crippen LogP contribution in [0.5, 0.6) is 0 Å². The molecule has 0 aliphatic rings. The van der Waals surface area contributed by atoms with Gasteiger partial charge in [0, 0.05) is 36.4 Å². The number of thiazole rings is 1. The van der Waals surface area contributed by atoms with E-state index in [1.165, 1.54) is 29.7 Å². The maximum Gasteiger partial charge on any atom is 0.433 e. The molecule has 1 atom stereocenters. The van der Waals surface area contributed by atoms with Crippen LogP contribution in [0.4, 0.5) is 22.7 Å². The van der Waals surface area contributed by atoms with Crippen LogP contribution in [0.1, 0.15) is 11.3 Å². The predicted molar refractivity (Wildman–Crippen MR) is 117 cm³/mol. The molecule has 0 aliphatic carbocycles. The van der Waals surface area contributed by atoms with Crippen LogP contribution in [0.25, 0.3) is 21.2 Å². The summed E-state index contributed by atoms with van der Waals surface area (Å²) >= 11 is 7.30. The molecule has 3 N–H and O–H groups in total. The monoisotopic (exact) mass is 481 g/mol. The van der Waals surface area contributed by atoms with Gasteiger partial charge in [-0.2, -0.15) is 17.6 Å². The third-order valence-corrected chi connectivity index (χ3v) is 6.02. The van der Waals surface area contributed by atoms with Crippen molar-refractivity contribution in [2.45, 2.75) is 18.6 Å². The number of nitrogens with two attached hydrogens (primary N) is 1. The zero-order valence-electron chi connectivity index (χ0n) is 16.3. The Morgan fingerprint density at radius 1 is 1.06 bits per heavy atom. The normalized spacial score (nSPS) is 12.8. The van der Waals surface area contributed by atoms with Crippen molar-refractivity contribution in [2.24, 2.45) is 5.73 Å². The summed E-state index contributed by atoms with van der Waals surface area (Å²) in [5.41, 5.74) is 6.39. The maximum absolute atomic E-state index is 13.4. The molecule has 32 heavy (non-hydrogen) atoms. The van der Waals surface area contributed by atoms with Gasteiger partial charge < -0.3 is 11.1 Å². The number of rotatable bonds is 6. The third kappa shape index (κ3) is 5.14. The molecule has 1 aromatic carbocycles. The molecular formula is C21H16ClF4N5S. The van der Waals surface area contributed by atoms with Crippen LogP contribution in [-0.2, 0) is 12.6 Å². The molecule has 166 valence electrons. The van der Waals surface area contributed by atoms with Crippen molar-refractivity contribution < 1.29 is 17.6 Å². The third-order valence-electron chi connectivity index (χ3n) is 4.69. The number of hydrogen-bond acceptors (Lipinski definition) is 6. The fourth-order valence-electron chi connectivity index (χ4n) is 3.10. The number of hydrogen-bond donors (Lipinski definition) is 2. The lowest BCUT2D eigenvalue weighted by molar-refractivity contribution is -0.141. The Morgan fingerprint density at radius 2 is 1.88 bits per heavy atom. The van der Waals surface area contributed by atoms with E-state index >= 15 is 0 Å². The lowest BCUT2D eigenvalue weighted by atomic mass is 10.1. The van der Waals surface area contributed by atoms with Crippen molar-refractivity contribution in [3.63, 3.8) is 0 Å². The standard InChI is InChI=1S/C21H16ClF4N5S/c22-19-12(3-4-17(31-19)21(24,25)26)6-15(27)9-29-20-30-10-16(32-20)11-1-2-13-8-28-18(23)7-14(13)5-11/h1-5,7-8,10,15H,6,9,27H2,(H,29,30)/t15-/m0/s1. The zero-order valence-corrected chi connectivity index (χ0v) is 17.9. The Balaban J connectivity index is 1.39. The van der Waals surface area contributed by atoms with Gasteiger partial charge in [-0.1, -0.05) is 41.1 Å². The number of alkyl halides is 3. The Morgan fingerprint density at radius 3 is 2.62 bits per heavy atom. The van der Waals surface area contributed by atoms with Crippen LogP contribution in [0.15, 0.2) is 48.8 Å². The second kappa shape index (κ2) is 8.97. The zero-order chi connectivity index (χ0) is 22.9. The summed E-state index contributed by atoms with van der Waals surface area (Å²) in [6.07, 6.45) is -1.12. The number of fused-ring (bicyclic) bond motifs is 1. The summed E-state index contributed by atoms with van der Waals surface area (Å²) in [6.45, 7) is 0.332. The predicted octanol–water partition coefficient (Wildman–Crippen LogP) is 5.55. The summed E-state index contributed by atoms with van der Waals surface area (Å²) in [4.78, 5) is 12.3. The summed E-state index contributed by atoms with van der Waals surface area (Å²) in [6, 6.07) is 8.76. The molecule has 0 saturated heterocycles. The van der Waals surface area contributed by atoms with Crippen LogP contribution >= 0.6 is 22.9 Å². The maximum atomic E-state index is 13.4. The second-order valence-electron chi connectivity index (χ2n) is 7.09. The van der Waals surface area contributed by atoms with Crippen LogP contribution < -0.4 is 11.1 Å². The molecule has 0 fully saturated rings. The number of anilines is 1. The van der Waals surface area contributed by atoms with Gasteiger partial charge in [-0.15, -0.1) is 0 Å². The highest BCUT2D eigenvalue weighted by Crippen LogP contribution is 2.32. The number of halogens is 5. The van der Waals surface area contributed by atoms with E-state index in [4.69, 9.17) is 17.3 Å². The van der Waals surface area contributed by atoms with Crippen molar-refractivity contribution in [3.8, 4) is 10.4 Å². The Labute approximate surface area is 189 Å². The lowest BCUT2D eigenvalue weighted by Crippen LogP contribution is -2.31. The van der Waals surface area contributed by atoms with Gasteiger partial charge >= 0.3 is 6.18 Å². The summed E-state index contributed by atoms with van der Waals surface area (Å²) in [5.74, 6) is -0.543. The molecule has 0 bridgehead atoms. The van der Waals surface area contributed by atoms with Gasteiger partial charge in [0.2, 0.25) is 5.95 Å². The van der Waals surface area contributed by atoms with E-state index in [-0.39, 0.29) is 11.6 Å². The molecule has 3 heterocycles. The van der Waals surface area contributed by atoms with Crippen LogP contribution in [-0.4, -0.2) is 27.5 Å². The molecule has 11 heteroatoms. The SMILES string of the molecule is N[C@H](CNc1ncc(-c2ccc3cnc(F)cc3c2)s1)Cc1ccc(C(F)(F)F)nc1Cl. The molecule has 0 spiro atoms. The van der Waals surface area contributed by atoms with E-state index in [0.29, 0.717) is 17.2 Å². The van der Waals surface area contributed by atoms with Crippen molar-refractivity contribution >= 4 is 38.8 Å². The summed E-state index contributed by atoms with van der Waals surface area (Å²) < 4.78 is 51.5. The molecular weight excluding hydrogens is 466 g/mol. The van der Waals surface area contributed by atoms with E-state index in [0.717, 1.165) is 27.3 Å². The number of nitrogens with one attached hydrogen (secondary N) is 1. The van der Waals surface area contributed by atoms with Gasteiger partial charge in [-0.25, -0.2) is 15.0 Å². The van der Waals surface area contributed by atoms with Crippen LogP contribution in [0.3, 0.4) is 0 Å². The molecule has 0 amide bonds. The highest BCUT2D eigenvalue weighted by Gasteiger charge is 2.33. The average Bonchev–Trinajstić information content (AvgIpc) is 3.21. The Kier molecular flexibility index (Phi) is 6.27. The highest BCUT2D eigenvalue weighted by atomic mass is 35.5. The molecule has 0 saturated carbocycles. The van der Waals surface area contributed by atoms with E-state index in [2.05, 4.69) is 20.3 Å². The van der Waals surface area contributed by atoms with E-state index < -0.39 is 23.9 Å². The minimum Gasteiger partial charge on any atom is -0.360 e. The number of nitrogens with zero attached hydrogens (tertiary/aromatic N) is 3. The minimum atomic E-state index is -4.55. The van der Waals surface area contributed by atoms with E-state index in [9.17, 15) is 17.6 Å². The molecule has 0 aliphatic heterocycles. The van der Waals surface area contributed by atoms with Crippen LogP contribution in [0, 0.1) is 5.95 Å². The average molecular weight is 482 g/mol. The number of pyridine rings is 2. The fourth-order valence-corrected chi connectivity index (χ4v) is 4.15. The molecule has 3 aromatic heterocycles. The quantitative estimate of drug-likeness (QED) is 0.279. The van der Waals surface area contributed by atoms with Gasteiger partial charge in [0.05, 0.1) is 4.88 Å². The minimum absolute atomic E-state index is 0.213. The Bertz CT molecular complexity index is 1260. The van der Waals surface area contributed by atoms with Crippen molar-refractivity contribution in [2.75, 3.05) is 11.9 Å². The first kappa shape index (κ1) is 22.4. The van der Waals surface area contributed by atoms with Crippen molar-refractivity contribution in [3.05, 3.63) is 71.2 Å². The number of benzene rings is 1. The summed E-state index contributed by atoms with van der Waals surface area (Å²) in [5, 5.41) is 5.12. The molecule has 0 unspecified atom stereocenters. The first-order chi connectivity index (χ1) is 15.2. The van der Waals surface area contributed by atoms with Crippen molar-refractivity contribution in [1.29, 1.82) is 0 Å². The topological polar surface area (TPSA) is 76.7 Å². The first-order valence-electron chi connectivity index (χ1n) is 9.42. The highest BCUT2D eigenvalue weighted by molar-refractivity contribution is 7.18. The van der Waals surface area contributed by atoms with Gasteiger partial charge in [0.15, 0.2) is 5.13 Å². The summed E-state index contributed by atoms with van der Waals surface area (Å²) in [7, 11) is 0. The van der Waals surface area contributed by atoms with Crippen molar-refractivity contribution in [1.82, 2.24) is 15.0 Å². The first-order valence-corrected chi connectivity index (χ1v) is 10.6. The second-order valence-corrected chi connectivity index (χ2v) is 8.48. The van der Waals surface area contributed by atoms with Crippen LogP contribution in [0.2, 0.25) is 5.15 Å². The van der Waals surface area contributed by atoms with E-state index in [1.54, 1.807) is 6.20 Å². The van der Waals surface area contributed by atoms with Gasteiger partial charge in [-0.3, -0.25) is 0 Å². The number of aromatic nitrogens is 3. The van der Waals surface area contributed by atoms with E-state index in [1.807, 2.05) is 18.2 Å². The lowest BCUT2D eigenvalue weighted by Gasteiger charge is -2.14. The molecule has 5 nitrogen and oxygen atoms in total.